The predicted molar refractivity (Wildman–Crippen MR) is 74.4 cm³/mol. The number of nitrogens with one attached hydrogen (secondary N) is 1. The molecule has 0 bridgehead atoms. The third kappa shape index (κ3) is 3.18. The maximum Gasteiger partial charge on any atom is 0.0644 e. The zero-order valence-corrected chi connectivity index (χ0v) is 11.2. The monoisotopic (exact) mass is 294 g/mol. The van der Waals surface area contributed by atoms with Crippen LogP contribution in [-0.4, -0.2) is 6.21 Å². The highest BCUT2D eigenvalue weighted by atomic mass is 79.9. The number of hydrogen-bond donors (Lipinski definition) is 1. The van der Waals surface area contributed by atoms with Crippen molar-refractivity contribution in [1.29, 1.82) is 0 Å². The van der Waals surface area contributed by atoms with Gasteiger partial charge in [0.25, 0.3) is 0 Å². The first-order valence-corrected chi connectivity index (χ1v) is 6.51. The van der Waals surface area contributed by atoms with Crippen LogP contribution in [0.2, 0.25) is 0 Å². The van der Waals surface area contributed by atoms with Gasteiger partial charge in [0, 0.05) is 14.7 Å². The lowest BCUT2D eigenvalue weighted by Gasteiger charge is -1.99. The Morgan fingerprint density at radius 2 is 2.06 bits per heavy atom. The van der Waals surface area contributed by atoms with Crippen molar-refractivity contribution in [3.05, 3.63) is 50.6 Å². The van der Waals surface area contributed by atoms with E-state index in [0.717, 1.165) is 15.0 Å². The van der Waals surface area contributed by atoms with Crippen molar-refractivity contribution < 1.29 is 0 Å². The van der Waals surface area contributed by atoms with Crippen molar-refractivity contribution in [3.63, 3.8) is 0 Å². The summed E-state index contributed by atoms with van der Waals surface area (Å²) >= 11 is 5.06. The van der Waals surface area contributed by atoms with E-state index in [0.29, 0.717) is 0 Å². The van der Waals surface area contributed by atoms with E-state index in [1.54, 1.807) is 11.3 Å². The maximum absolute atomic E-state index is 4.17. The molecule has 0 aliphatic rings. The first-order chi connectivity index (χ1) is 7.74. The lowest BCUT2D eigenvalue weighted by atomic mass is 10.2. The molecule has 16 heavy (non-hydrogen) atoms. The zero-order chi connectivity index (χ0) is 11.4. The Bertz CT molecular complexity index is 488. The molecule has 0 radical (unpaired) electrons. The SMILES string of the molecule is Cc1ccc(N/N=C/c2cc(Br)cs2)cc1. The normalized spacial score (nSPS) is 10.9. The van der Waals surface area contributed by atoms with Crippen LogP contribution in [0, 0.1) is 6.92 Å². The lowest BCUT2D eigenvalue weighted by molar-refractivity contribution is 1.34. The minimum atomic E-state index is 0.998. The third-order valence-electron chi connectivity index (χ3n) is 2.02. The molecule has 0 amide bonds. The summed E-state index contributed by atoms with van der Waals surface area (Å²) < 4.78 is 1.09. The van der Waals surface area contributed by atoms with Crippen LogP contribution >= 0.6 is 27.3 Å². The van der Waals surface area contributed by atoms with Crippen molar-refractivity contribution in [3.8, 4) is 0 Å². The van der Waals surface area contributed by atoms with Crippen LogP contribution in [0.1, 0.15) is 10.4 Å². The van der Waals surface area contributed by atoms with Crippen molar-refractivity contribution in [1.82, 2.24) is 0 Å². The first-order valence-electron chi connectivity index (χ1n) is 4.84. The van der Waals surface area contributed by atoms with Crippen molar-refractivity contribution >= 4 is 39.2 Å². The number of nitrogens with zero attached hydrogens (tertiary/aromatic N) is 1. The van der Waals surface area contributed by atoms with Gasteiger partial charge in [-0.1, -0.05) is 17.7 Å². The third-order valence-corrected chi connectivity index (χ3v) is 3.65. The summed E-state index contributed by atoms with van der Waals surface area (Å²) in [5, 5.41) is 6.20. The van der Waals surface area contributed by atoms with E-state index in [1.807, 2.05) is 29.8 Å². The number of rotatable bonds is 3. The minimum Gasteiger partial charge on any atom is -0.278 e. The summed E-state index contributed by atoms with van der Waals surface area (Å²) in [5.74, 6) is 0. The fraction of sp³-hybridized carbons (Fsp3) is 0.0833. The van der Waals surface area contributed by atoms with E-state index in [2.05, 4.69) is 45.5 Å². The standard InChI is InChI=1S/C12H11BrN2S/c1-9-2-4-11(5-3-9)15-14-7-12-6-10(13)8-16-12/h2-8,15H,1H3/b14-7+. The fourth-order valence-electron chi connectivity index (χ4n) is 1.19. The highest BCUT2D eigenvalue weighted by molar-refractivity contribution is 9.10. The Morgan fingerprint density at radius 3 is 2.69 bits per heavy atom. The lowest BCUT2D eigenvalue weighted by Crippen LogP contribution is -1.88. The number of benzene rings is 1. The molecule has 0 unspecified atom stereocenters. The van der Waals surface area contributed by atoms with Crippen LogP contribution in [-0.2, 0) is 0 Å². The first kappa shape index (κ1) is 11.4. The Kier molecular flexibility index (Phi) is 3.74. The topological polar surface area (TPSA) is 24.4 Å². The smallest absolute Gasteiger partial charge is 0.0644 e. The molecule has 0 aliphatic heterocycles. The molecule has 0 fully saturated rings. The number of halogens is 1. The van der Waals surface area contributed by atoms with Crippen molar-refractivity contribution in [2.75, 3.05) is 5.43 Å². The van der Waals surface area contributed by atoms with Crippen LogP contribution in [0.5, 0.6) is 0 Å². The number of aryl methyl sites for hydroxylation is 1. The summed E-state index contributed by atoms with van der Waals surface area (Å²) in [6, 6.07) is 10.2. The Balaban J connectivity index is 1.97. The molecule has 2 aromatic rings. The van der Waals surface area contributed by atoms with Crippen LogP contribution in [0.25, 0.3) is 0 Å². The van der Waals surface area contributed by atoms with Gasteiger partial charge in [-0.2, -0.15) is 5.10 Å². The molecule has 82 valence electrons. The van der Waals surface area contributed by atoms with E-state index < -0.39 is 0 Å². The van der Waals surface area contributed by atoms with Crippen LogP contribution in [0.15, 0.2) is 45.3 Å². The molecular weight excluding hydrogens is 284 g/mol. The second-order valence-electron chi connectivity index (χ2n) is 3.40. The average molecular weight is 295 g/mol. The van der Waals surface area contributed by atoms with Gasteiger partial charge < -0.3 is 0 Å². The summed E-state index contributed by atoms with van der Waals surface area (Å²) in [6.07, 6.45) is 1.81. The molecule has 0 atom stereocenters. The second kappa shape index (κ2) is 5.27. The summed E-state index contributed by atoms with van der Waals surface area (Å²) in [7, 11) is 0. The number of hydrogen-bond acceptors (Lipinski definition) is 3. The highest BCUT2D eigenvalue weighted by Gasteiger charge is 1.93. The van der Waals surface area contributed by atoms with Crippen LogP contribution < -0.4 is 5.43 Å². The van der Waals surface area contributed by atoms with E-state index in [-0.39, 0.29) is 0 Å². The van der Waals surface area contributed by atoms with Gasteiger partial charge in [-0.15, -0.1) is 11.3 Å². The van der Waals surface area contributed by atoms with Crippen LogP contribution in [0.3, 0.4) is 0 Å². The molecule has 1 aromatic carbocycles. The summed E-state index contributed by atoms with van der Waals surface area (Å²) in [5.41, 5.74) is 5.24. The van der Waals surface area contributed by atoms with Gasteiger partial charge in [-0.25, -0.2) is 0 Å². The largest absolute Gasteiger partial charge is 0.278 e. The number of anilines is 1. The van der Waals surface area contributed by atoms with E-state index in [4.69, 9.17) is 0 Å². The van der Waals surface area contributed by atoms with Crippen LogP contribution in [0.4, 0.5) is 5.69 Å². The predicted octanol–water partition coefficient (Wildman–Crippen LogP) is 4.27. The molecule has 1 heterocycles. The average Bonchev–Trinajstić information content (AvgIpc) is 2.67. The fourth-order valence-corrected chi connectivity index (χ4v) is 2.50. The zero-order valence-electron chi connectivity index (χ0n) is 8.77. The molecule has 0 saturated carbocycles. The van der Waals surface area contributed by atoms with Gasteiger partial charge in [-0.05, 0) is 41.1 Å². The molecule has 0 spiro atoms. The van der Waals surface area contributed by atoms with Gasteiger partial charge in [-0.3, -0.25) is 5.43 Å². The van der Waals surface area contributed by atoms with E-state index >= 15 is 0 Å². The van der Waals surface area contributed by atoms with Gasteiger partial charge in [0.15, 0.2) is 0 Å². The minimum absolute atomic E-state index is 0.998. The highest BCUT2D eigenvalue weighted by Crippen LogP contribution is 2.18. The van der Waals surface area contributed by atoms with Gasteiger partial charge in [0.1, 0.15) is 0 Å². The van der Waals surface area contributed by atoms with Crippen molar-refractivity contribution in [2.45, 2.75) is 6.92 Å². The molecule has 0 saturated heterocycles. The Hall–Kier alpha value is -1.13. The van der Waals surface area contributed by atoms with Gasteiger partial charge in [0.05, 0.1) is 11.9 Å². The van der Waals surface area contributed by atoms with Crippen molar-refractivity contribution in [2.24, 2.45) is 5.10 Å². The molecule has 1 N–H and O–H groups in total. The molecule has 0 aliphatic carbocycles. The van der Waals surface area contributed by atoms with E-state index in [9.17, 15) is 0 Å². The molecular formula is C12H11BrN2S. The van der Waals surface area contributed by atoms with Gasteiger partial charge in [0.2, 0.25) is 0 Å². The number of thiophene rings is 1. The second-order valence-corrected chi connectivity index (χ2v) is 5.26. The number of hydrazone groups is 1. The molecule has 1 aromatic heterocycles. The van der Waals surface area contributed by atoms with E-state index in [1.165, 1.54) is 5.56 Å². The summed E-state index contributed by atoms with van der Waals surface area (Å²) in [6.45, 7) is 2.07. The molecule has 2 rings (SSSR count). The maximum atomic E-state index is 4.17. The Morgan fingerprint density at radius 1 is 1.31 bits per heavy atom. The van der Waals surface area contributed by atoms with Gasteiger partial charge >= 0.3 is 0 Å². The summed E-state index contributed by atoms with van der Waals surface area (Å²) in [4.78, 5) is 1.12. The molecule has 4 heteroatoms. The molecule has 2 nitrogen and oxygen atoms in total. The Labute approximate surface area is 107 Å². The quantitative estimate of drug-likeness (QED) is 0.664.